The molecule has 4 rings (SSSR count). The Morgan fingerprint density at radius 1 is 1.11 bits per heavy atom. The molecule has 2 aromatic heterocycles. The zero-order valence-electron chi connectivity index (χ0n) is 15.1. The van der Waals surface area contributed by atoms with Crippen molar-refractivity contribution < 1.29 is 18.0 Å². The number of carbonyl (C=O) groups excluding carboxylic acids is 1. The Hall–Kier alpha value is -3.10. The molecule has 0 radical (unpaired) electrons. The summed E-state index contributed by atoms with van der Waals surface area (Å²) in [5.74, 6) is -0.0674. The lowest BCUT2D eigenvalue weighted by atomic mass is 10.1. The van der Waals surface area contributed by atoms with Crippen molar-refractivity contribution in [3.05, 3.63) is 54.0 Å². The Morgan fingerprint density at radius 2 is 1.86 bits per heavy atom. The van der Waals surface area contributed by atoms with Crippen molar-refractivity contribution in [2.45, 2.75) is 6.18 Å². The van der Waals surface area contributed by atoms with E-state index < -0.39 is 11.7 Å². The van der Waals surface area contributed by atoms with E-state index in [9.17, 15) is 18.0 Å². The average Bonchev–Trinajstić information content (AvgIpc) is 3.12. The number of pyridine rings is 1. The number of rotatable bonds is 2. The highest BCUT2D eigenvalue weighted by atomic mass is 19.4. The van der Waals surface area contributed by atoms with Crippen LogP contribution in [0.3, 0.4) is 0 Å². The normalized spacial score (nSPS) is 15.3. The summed E-state index contributed by atoms with van der Waals surface area (Å²) in [5.41, 5.74) is 0.968. The second kappa shape index (κ2) is 6.81. The SMILES string of the molecule is Cn1cc(C(=O)N2CCN(c3ccnc4cc(C(F)(F)F)ccc34)CC2)cn1. The van der Waals surface area contributed by atoms with Gasteiger partial charge < -0.3 is 9.80 Å². The molecule has 3 aromatic rings. The summed E-state index contributed by atoms with van der Waals surface area (Å²) in [4.78, 5) is 20.5. The third-order valence-corrected chi connectivity index (χ3v) is 4.91. The van der Waals surface area contributed by atoms with E-state index in [1.165, 1.54) is 12.3 Å². The zero-order chi connectivity index (χ0) is 19.9. The monoisotopic (exact) mass is 389 g/mol. The minimum atomic E-state index is -4.40. The molecule has 0 spiro atoms. The van der Waals surface area contributed by atoms with Gasteiger partial charge in [-0.25, -0.2) is 0 Å². The number of alkyl halides is 3. The fourth-order valence-electron chi connectivity index (χ4n) is 3.45. The molecule has 0 N–H and O–H groups in total. The number of aromatic nitrogens is 3. The van der Waals surface area contributed by atoms with E-state index >= 15 is 0 Å². The van der Waals surface area contributed by atoms with Crippen LogP contribution in [-0.4, -0.2) is 51.8 Å². The predicted molar refractivity (Wildman–Crippen MR) is 98.1 cm³/mol. The number of aryl methyl sites for hydroxylation is 1. The van der Waals surface area contributed by atoms with Crippen LogP contribution in [0.5, 0.6) is 0 Å². The highest BCUT2D eigenvalue weighted by Crippen LogP contribution is 2.33. The molecule has 0 aliphatic carbocycles. The van der Waals surface area contributed by atoms with E-state index in [1.54, 1.807) is 35.1 Å². The number of benzene rings is 1. The van der Waals surface area contributed by atoms with Gasteiger partial charge >= 0.3 is 6.18 Å². The van der Waals surface area contributed by atoms with Gasteiger partial charge in [0.05, 0.1) is 22.8 Å². The molecule has 1 aliphatic heterocycles. The molecule has 1 aromatic carbocycles. The summed E-state index contributed by atoms with van der Waals surface area (Å²) < 4.78 is 40.4. The highest BCUT2D eigenvalue weighted by molar-refractivity contribution is 5.94. The number of fused-ring (bicyclic) bond motifs is 1. The quantitative estimate of drug-likeness (QED) is 0.676. The Labute approximate surface area is 159 Å². The highest BCUT2D eigenvalue weighted by Gasteiger charge is 2.31. The predicted octanol–water partition coefficient (Wildman–Crippen LogP) is 2.95. The van der Waals surface area contributed by atoms with Gasteiger partial charge in [0.15, 0.2) is 0 Å². The van der Waals surface area contributed by atoms with Crippen molar-refractivity contribution in [3.63, 3.8) is 0 Å². The standard InChI is InChI=1S/C19H18F3N5O/c1-25-12-13(11-24-25)18(28)27-8-6-26(7-9-27)17-4-5-23-16-10-14(19(20,21)22)2-3-15(16)17/h2-5,10-12H,6-9H2,1H3. The fourth-order valence-corrected chi connectivity index (χ4v) is 3.45. The Bertz CT molecular complexity index is 1020. The molecule has 146 valence electrons. The van der Waals surface area contributed by atoms with E-state index in [2.05, 4.69) is 15.0 Å². The van der Waals surface area contributed by atoms with Gasteiger partial charge in [0.2, 0.25) is 0 Å². The van der Waals surface area contributed by atoms with Gasteiger partial charge in [0.1, 0.15) is 0 Å². The maximum atomic E-state index is 12.9. The summed E-state index contributed by atoms with van der Waals surface area (Å²) >= 11 is 0. The average molecular weight is 389 g/mol. The lowest BCUT2D eigenvalue weighted by molar-refractivity contribution is -0.137. The molecule has 6 nitrogen and oxygen atoms in total. The van der Waals surface area contributed by atoms with E-state index in [4.69, 9.17) is 0 Å². The number of amides is 1. The second-order valence-electron chi connectivity index (χ2n) is 6.74. The number of hydrogen-bond donors (Lipinski definition) is 0. The number of anilines is 1. The first kappa shape index (κ1) is 18.3. The molecular formula is C19H18F3N5O. The van der Waals surface area contributed by atoms with Crippen LogP contribution in [-0.2, 0) is 13.2 Å². The van der Waals surface area contributed by atoms with Crippen molar-refractivity contribution in [2.24, 2.45) is 7.05 Å². The third kappa shape index (κ3) is 3.39. The van der Waals surface area contributed by atoms with Crippen molar-refractivity contribution in [2.75, 3.05) is 31.1 Å². The van der Waals surface area contributed by atoms with Crippen molar-refractivity contribution >= 4 is 22.5 Å². The van der Waals surface area contributed by atoms with Crippen LogP contribution in [0, 0.1) is 0 Å². The van der Waals surface area contributed by atoms with Crippen molar-refractivity contribution in [1.82, 2.24) is 19.7 Å². The zero-order valence-corrected chi connectivity index (χ0v) is 15.1. The molecular weight excluding hydrogens is 371 g/mol. The van der Waals surface area contributed by atoms with Gasteiger partial charge in [-0.05, 0) is 18.2 Å². The van der Waals surface area contributed by atoms with E-state index in [0.29, 0.717) is 42.6 Å². The Balaban J connectivity index is 1.53. The minimum Gasteiger partial charge on any atom is -0.367 e. The van der Waals surface area contributed by atoms with Crippen LogP contribution in [0.1, 0.15) is 15.9 Å². The first-order valence-electron chi connectivity index (χ1n) is 8.82. The summed E-state index contributed by atoms with van der Waals surface area (Å²) in [6.07, 6.45) is 0.349. The maximum absolute atomic E-state index is 12.9. The van der Waals surface area contributed by atoms with Gasteiger partial charge in [-0.2, -0.15) is 18.3 Å². The van der Waals surface area contributed by atoms with E-state index in [1.807, 2.05) is 0 Å². The lowest BCUT2D eigenvalue weighted by Crippen LogP contribution is -2.48. The molecule has 1 fully saturated rings. The molecule has 0 bridgehead atoms. The van der Waals surface area contributed by atoms with Crippen molar-refractivity contribution in [3.8, 4) is 0 Å². The van der Waals surface area contributed by atoms with Gasteiger partial charge in [-0.3, -0.25) is 14.5 Å². The molecule has 0 atom stereocenters. The number of carbonyl (C=O) groups is 1. The number of hydrogen-bond acceptors (Lipinski definition) is 4. The largest absolute Gasteiger partial charge is 0.416 e. The molecule has 28 heavy (non-hydrogen) atoms. The fraction of sp³-hybridized carbons (Fsp3) is 0.316. The second-order valence-corrected chi connectivity index (χ2v) is 6.74. The van der Waals surface area contributed by atoms with Crippen LogP contribution in [0.25, 0.3) is 10.9 Å². The first-order valence-corrected chi connectivity index (χ1v) is 8.82. The minimum absolute atomic E-state index is 0.0674. The van der Waals surface area contributed by atoms with Crippen molar-refractivity contribution in [1.29, 1.82) is 0 Å². The van der Waals surface area contributed by atoms with Gasteiger partial charge in [-0.15, -0.1) is 0 Å². The van der Waals surface area contributed by atoms with Crippen LogP contribution in [0.15, 0.2) is 42.9 Å². The van der Waals surface area contributed by atoms with Crippen LogP contribution < -0.4 is 4.90 Å². The Kier molecular flexibility index (Phi) is 4.44. The smallest absolute Gasteiger partial charge is 0.367 e. The molecule has 1 amide bonds. The van der Waals surface area contributed by atoms with Gasteiger partial charge in [0.25, 0.3) is 5.91 Å². The number of piperazine rings is 1. The van der Waals surface area contributed by atoms with Gasteiger partial charge in [-0.1, -0.05) is 6.07 Å². The topological polar surface area (TPSA) is 54.3 Å². The molecule has 0 unspecified atom stereocenters. The van der Waals surface area contributed by atoms with E-state index in [-0.39, 0.29) is 5.91 Å². The molecule has 9 heteroatoms. The summed E-state index contributed by atoms with van der Waals surface area (Å²) in [6.45, 7) is 2.23. The summed E-state index contributed by atoms with van der Waals surface area (Å²) in [6, 6.07) is 5.42. The molecule has 0 saturated carbocycles. The Morgan fingerprint density at radius 3 is 2.50 bits per heavy atom. The first-order chi connectivity index (χ1) is 13.3. The van der Waals surface area contributed by atoms with Gasteiger partial charge in [0, 0.05) is 56.7 Å². The van der Waals surface area contributed by atoms with Crippen LogP contribution in [0.2, 0.25) is 0 Å². The van der Waals surface area contributed by atoms with Crippen LogP contribution in [0.4, 0.5) is 18.9 Å². The molecule has 1 saturated heterocycles. The summed E-state index contributed by atoms with van der Waals surface area (Å²) in [5, 5.41) is 4.69. The third-order valence-electron chi connectivity index (χ3n) is 4.91. The van der Waals surface area contributed by atoms with Crippen LogP contribution >= 0.6 is 0 Å². The lowest BCUT2D eigenvalue weighted by Gasteiger charge is -2.36. The number of nitrogens with zero attached hydrogens (tertiary/aromatic N) is 5. The molecule has 3 heterocycles. The molecule has 1 aliphatic rings. The summed E-state index contributed by atoms with van der Waals surface area (Å²) in [7, 11) is 1.76. The van der Waals surface area contributed by atoms with E-state index in [0.717, 1.165) is 17.8 Å². The maximum Gasteiger partial charge on any atom is 0.416 e. The number of halogens is 3.